The Kier molecular flexibility index (Phi) is 3.15. The van der Waals surface area contributed by atoms with E-state index in [1.807, 2.05) is 0 Å². The van der Waals surface area contributed by atoms with Crippen molar-refractivity contribution in [1.82, 2.24) is 19.7 Å². The normalized spacial score (nSPS) is 11.2. The number of sulfonamides is 1. The van der Waals surface area contributed by atoms with Crippen molar-refractivity contribution in [3.8, 4) is 0 Å². The zero-order valence-corrected chi connectivity index (χ0v) is 10.6. The molecule has 2 aromatic heterocycles. The summed E-state index contributed by atoms with van der Waals surface area (Å²) in [4.78, 5) is 7.79. The van der Waals surface area contributed by atoms with Gasteiger partial charge in [-0.1, -0.05) is 0 Å². The van der Waals surface area contributed by atoms with Crippen LogP contribution in [0.4, 0.5) is 11.8 Å². The van der Waals surface area contributed by atoms with Gasteiger partial charge in [-0.3, -0.25) is 0 Å². The van der Waals surface area contributed by atoms with E-state index in [-0.39, 0.29) is 10.8 Å². The molecule has 0 aromatic carbocycles. The second kappa shape index (κ2) is 4.61. The Hall–Kier alpha value is -2.16. The number of rotatable bonds is 4. The number of anilines is 2. The highest BCUT2D eigenvalue weighted by Gasteiger charge is 2.16. The molecule has 0 spiro atoms. The predicted molar refractivity (Wildman–Crippen MR) is 65.6 cm³/mol. The Bertz CT molecular complexity index is 633. The van der Waals surface area contributed by atoms with Gasteiger partial charge >= 0.3 is 0 Å². The summed E-state index contributed by atoms with van der Waals surface area (Å²) in [6.07, 6.45) is 2.53. The van der Waals surface area contributed by atoms with E-state index >= 15 is 0 Å². The Labute approximate surface area is 104 Å². The van der Waals surface area contributed by atoms with Gasteiger partial charge in [-0.05, 0) is 12.1 Å². The van der Waals surface area contributed by atoms with Crippen molar-refractivity contribution in [2.75, 3.05) is 17.1 Å². The maximum absolute atomic E-state index is 12.0. The lowest BCUT2D eigenvalue weighted by atomic mass is 10.5. The largest absolute Gasteiger partial charge is 0.373 e. The lowest BCUT2D eigenvalue weighted by molar-refractivity contribution is 0.599. The predicted octanol–water partition coefficient (Wildman–Crippen LogP) is 0.0526. The Balaban J connectivity index is 2.28. The third-order valence-corrected chi connectivity index (χ3v) is 3.55. The average Bonchev–Trinajstić information content (AvgIpc) is 2.74. The lowest BCUT2D eigenvalue weighted by Crippen LogP contribution is -2.16. The van der Waals surface area contributed by atoms with Crippen molar-refractivity contribution >= 4 is 21.8 Å². The fraction of sp³-hybridized carbons (Fsp3) is 0.222. The smallest absolute Gasteiger partial charge is 0.265 e. The molecule has 0 bridgehead atoms. The van der Waals surface area contributed by atoms with Gasteiger partial charge in [0.1, 0.15) is 17.0 Å². The SMILES string of the molecule is CNc1ccc(S(=O)(=O)Nc2ncnn2C)cn1. The topological polar surface area (TPSA) is 102 Å². The van der Waals surface area contributed by atoms with E-state index in [9.17, 15) is 8.42 Å². The van der Waals surface area contributed by atoms with E-state index in [0.29, 0.717) is 5.82 Å². The molecule has 2 aromatic rings. The average molecular weight is 268 g/mol. The van der Waals surface area contributed by atoms with Gasteiger partial charge in [0.05, 0.1) is 0 Å². The van der Waals surface area contributed by atoms with Crippen LogP contribution in [0.2, 0.25) is 0 Å². The van der Waals surface area contributed by atoms with Crippen LogP contribution < -0.4 is 10.0 Å². The number of aromatic nitrogens is 4. The first-order chi connectivity index (χ1) is 8.53. The molecule has 8 nitrogen and oxygen atoms in total. The van der Waals surface area contributed by atoms with Crippen molar-refractivity contribution in [2.45, 2.75) is 4.90 Å². The zero-order chi connectivity index (χ0) is 13.2. The number of nitrogens with one attached hydrogen (secondary N) is 2. The maximum Gasteiger partial charge on any atom is 0.265 e. The van der Waals surface area contributed by atoms with Gasteiger partial charge in [0.25, 0.3) is 10.0 Å². The zero-order valence-electron chi connectivity index (χ0n) is 9.82. The fourth-order valence-corrected chi connectivity index (χ4v) is 2.24. The summed E-state index contributed by atoms with van der Waals surface area (Å²) in [6, 6.07) is 3.03. The summed E-state index contributed by atoms with van der Waals surface area (Å²) in [5.74, 6) is 0.736. The molecule has 0 aliphatic carbocycles. The first-order valence-electron chi connectivity index (χ1n) is 5.03. The minimum atomic E-state index is -3.69. The van der Waals surface area contributed by atoms with E-state index in [0.717, 1.165) is 0 Å². The van der Waals surface area contributed by atoms with E-state index in [1.54, 1.807) is 20.2 Å². The first kappa shape index (κ1) is 12.3. The molecule has 0 radical (unpaired) electrons. The van der Waals surface area contributed by atoms with Crippen molar-refractivity contribution in [1.29, 1.82) is 0 Å². The van der Waals surface area contributed by atoms with E-state index in [1.165, 1.54) is 23.3 Å². The van der Waals surface area contributed by atoms with Crippen LogP contribution in [0.25, 0.3) is 0 Å². The summed E-state index contributed by atoms with van der Waals surface area (Å²) in [5.41, 5.74) is 0. The quantitative estimate of drug-likeness (QED) is 0.812. The van der Waals surface area contributed by atoms with Crippen LogP contribution in [-0.2, 0) is 17.1 Å². The van der Waals surface area contributed by atoms with Crippen LogP contribution in [0.5, 0.6) is 0 Å². The van der Waals surface area contributed by atoms with E-state index in [4.69, 9.17) is 0 Å². The number of aryl methyl sites for hydroxylation is 1. The van der Waals surface area contributed by atoms with Gasteiger partial charge in [-0.2, -0.15) is 10.1 Å². The van der Waals surface area contributed by atoms with Crippen LogP contribution in [-0.4, -0.2) is 35.2 Å². The summed E-state index contributed by atoms with van der Waals surface area (Å²) in [6.45, 7) is 0. The molecule has 2 N–H and O–H groups in total. The third-order valence-electron chi connectivity index (χ3n) is 2.24. The molecule has 0 aliphatic heterocycles. The number of nitrogens with zero attached hydrogens (tertiary/aromatic N) is 4. The van der Waals surface area contributed by atoms with Crippen molar-refractivity contribution < 1.29 is 8.42 Å². The third kappa shape index (κ3) is 2.40. The number of pyridine rings is 1. The van der Waals surface area contributed by atoms with Crippen LogP contribution in [0.1, 0.15) is 0 Å². The Morgan fingerprint density at radius 3 is 2.56 bits per heavy atom. The van der Waals surface area contributed by atoms with E-state index < -0.39 is 10.0 Å². The molecular weight excluding hydrogens is 256 g/mol. The highest BCUT2D eigenvalue weighted by molar-refractivity contribution is 7.92. The molecule has 0 unspecified atom stereocenters. The van der Waals surface area contributed by atoms with Gasteiger partial charge in [0.15, 0.2) is 0 Å². The van der Waals surface area contributed by atoms with E-state index in [2.05, 4.69) is 25.1 Å². The van der Waals surface area contributed by atoms with Crippen molar-refractivity contribution in [3.63, 3.8) is 0 Å². The molecular formula is C9H12N6O2S. The van der Waals surface area contributed by atoms with Crippen LogP contribution in [0.15, 0.2) is 29.6 Å². The second-order valence-electron chi connectivity index (χ2n) is 3.44. The molecule has 0 amide bonds. The van der Waals surface area contributed by atoms with Crippen LogP contribution >= 0.6 is 0 Å². The number of hydrogen-bond acceptors (Lipinski definition) is 6. The molecule has 0 saturated heterocycles. The highest BCUT2D eigenvalue weighted by atomic mass is 32.2. The first-order valence-corrected chi connectivity index (χ1v) is 6.52. The highest BCUT2D eigenvalue weighted by Crippen LogP contribution is 2.13. The molecule has 96 valence electrons. The van der Waals surface area contributed by atoms with Gasteiger partial charge in [0, 0.05) is 20.3 Å². The molecule has 9 heteroatoms. The van der Waals surface area contributed by atoms with Gasteiger partial charge < -0.3 is 5.32 Å². The monoisotopic (exact) mass is 268 g/mol. The van der Waals surface area contributed by atoms with Crippen LogP contribution in [0, 0.1) is 0 Å². The summed E-state index contributed by atoms with van der Waals surface area (Å²) >= 11 is 0. The number of hydrogen-bond donors (Lipinski definition) is 2. The molecule has 0 fully saturated rings. The molecule has 18 heavy (non-hydrogen) atoms. The van der Waals surface area contributed by atoms with Gasteiger partial charge in [0.2, 0.25) is 5.95 Å². The van der Waals surface area contributed by atoms with Gasteiger partial charge in [-0.25, -0.2) is 22.8 Å². The second-order valence-corrected chi connectivity index (χ2v) is 5.12. The van der Waals surface area contributed by atoms with Crippen molar-refractivity contribution in [3.05, 3.63) is 24.7 Å². The Morgan fingerprint density at radius 1 is 1.28 bits per heavy atom. The summed E-state index contributed by atoms with van der Waals surface area (Å²) < 4.78 is 27.6. The fourth-order valence-electron chi connectivity index (χ4n) is 1.25. The molecule has 0 atom stereocenters. The van der Waals surface area contributed by atoms with Crippen molar-refractivity contribution in [2.24, 2.45) is 7.05 Å². The minimum absolute atomic E-state index is 0.0597. The minimum Gasteiger partial charge on any atom is -0.373 e. The standard InChI is InChI=1S/C9H12N6O2S/c1-10-8-4-3-7(5-11-8)18(16,17)14-9-12-6-13-15(9)2/h3-6H,1-2H3,(H,10,11)(H,12,13,14). The molecule has 2 heterocycles. The Morgan fingerprint density at radius 2 is 2.06 bits per heavy atom. The molecule has 0 saturated carbocycles. The molecule has 2 rings (SSSR count). The van der Waals surface area contributed by atoms with Gasteiger partial charge in [-0.15, -0.1) is 0 Å². The maximum atomic E-state index is 12.0. The summed E-state index contributed by atoms with van der Waals surface area (Å²) in [7, 11) is -0.401. The lowest BCUT2D eigenvalue weighted by Gasteiger charge is -2.07. The summed E-state index contributed by atoms with van der Waals surface area (Å²) in [5, 5.41) is 6.58. The van der Waals surface area contributed by atoms with Crippen LogP contribution in [0.3, 0.4) is 0 Å². The molecule has 0 aliphatic rings.